The monoisotopic (exact) mass is 382 g/mol. The Labute approximate surface area is 165 Å². The predicted molar refractivity (Wildman–Crippen MR) is 107 cm³/mol. The number of ether oxygens (including phenoxy) is 1. The summed E-state index contributed by atoms with van der Waals surface area (Å²) in [4.78, 5) is 28.3. The third-order valence-electron chi connectivity index (χ3n) is 5.13. The highest BCUT2D eigenvalue weighted by Crippen LogP contribution is 2.28. The number of aliphatic hydroxyl groups excluding tert-OH is 1. The van der Waals surface area contributed by atoms with Crippen molar-refractivity contribution in [3.63, 3.8) is 0 Å². The highest BCUT2D eigenvalue weighted by atomic mass is 16.6. The number of aliphatic hydroxyl groups is 1. The zero-order valence-corrected chi connectivity index (χ0v) is 16.4. The number of benzene rings is 2. The standard InChI is InChI=1S/C22H26N2O4/c1-15(20(25)17-9-11-18(12-10-17)23(2)3)21(26)24-19(14-28-22(24)27)13-16-7-5-4-6-8-16/h4-12,15,19-20,25H,13-14H2,1-3H3/t15?,19-,20?/m0/s1. The molecule has 2 unspecified atom stereocenters. The summed E-state index contributed by atoms with van der Waals surface area (Å²) < 4.78 is 5.13. The summed E-state index contributed by atoms with van der Waals surface area (Å²) in [6, 6.07) is 16.7. The molecule has 1 heterocycles. The topological polar surface area (TPSA) is 70.1 Å². The van der Waals surface area contributed by atoms with E-state index in [-0.39, 0.29) is 12.6 Å². The number of hydrogen-bond acceptors (Lipinski definition) is 5. The molecule has 0 saturated carbocycles. The Bertz CT molecular complexity index is 820. The predicted octanol–water partition coefficient (Wildman–Crippen LogP) is 3.01. The smallest absolute Gasteiger partial charge is 0.416 e. The average molecular weight is 382 g/mol. The first kappa shape index (κ1) is 19.9. The normalized spacial score (nSPS) is 18.5. The number of carbonyl (C=O) groups excluding carboxylic acids is 2. The lowest BCUT2D eigenvalue weighted by Crippen LogP contribution is -2.44. The maximum atomic E-state index is 13.0. The van der Waals surface area contributed by atoms with Gasteiger partial charge in [-0.15, -0.1) is 0 Å². The molecule has 0 aromatic heterocycles. The number of amides is 2. The second-order valence-corrected chi connectivity index (χ2v) is 7.35. The van der Waals surface area contributed by atoms with Crippen LogP contribution in [0, 0.1) is 5.92 Å². The molecule has 0 bridgehead atoms. The van der Waals surface area contributed by atoms with Crippen LogP contribution in [0.4, 0.5) is 10.5 Å². The van der Waals surface area contributed by atoms with Crippen molar-refractivity contribution in [2.45, 2.75) is 25.5 Å². The van der Waals surface area contributed by atoms with Crippen LogP contribution in [0.15, 0.2) is 54.6 Å². The largest absolute Gasteiger partial charge is 0.447 e. The zero-order chi connectivity index (χ0) is 20.3. The molecule has 1 aliphatic heterocycles. The minimum absolute atomic E-state index is 0.166. The summed E-state index contributed by atoms with van der Waals surface area (Å²) in [6.45, 7) is 1.80. The van der Waals surface area contributed by atoms with Gasteiger partial charge >= 0.3 is 6.09 Å². The first-order valence-corrected chi connectivity index (χ1v) is 9.37. The van der Waals surface area contributed by atoms with Crippen LogP contribution in [-0.2, 0) is 16.0 Å². The molecule has 2 amide bonds. The van der Waals surface area contributed by atoms with Crippen LogP contribution >= 0.6 is 0 Å². The van der Waals surface area contributed by atoms with E-state index >= 15 is 0 Å². The zero-order valence-electron chi connectivity index (χ0n) is 16.4. The van der Waals surface area contributed by atoms with E-state index in [1.54, 1.807) is 19.1 Å². The number of carbonyl (C=O) groups is 2. The number of rotatable bonds is 6. The Balaban J connectivity index is 1.73. The third-order valence-corrected chi connectivity index (χ3v) is 5.13. The average Bonchev–Trinajstić information content (AvgIpc) is 3.07. The van der Waals surface area contributed by atoms with Crippen LogP contribution in [0.2, 0.25) is 0 Å². The van der Waals surface area contributed by atoms with Gasteiger partial charge in [-0.1, -0.05) is 49.4 Å². The molecule has 0 aliphatic carbocycles. The third kappa shape index (κ3) is 4.17. The van der Waals surface area contributed by atoms with E-state index in [1.165, 1.54) is 0 Å². The van der Waals surface area contributed by atoms with Crippen molar-refractivity contribution in [2.24, 2.45) is 5.92 Å². The number of anilines is 1. The van der Waals surface area contributed by atoms with Gasteiger partial charge in [-0.3, -0.25) is 4.79 Å². The molecule has 3 atom stereocenters. The molecular formula is C22H26N2O4. The number of cyclic esters (lactones) is 1. The van der Waals surface area contributed by atoms with Crippen LogP contribution < -0.4 is 4.90 Å². The van der Waals surface area contributed by atoms with Crippen molar-refractivity contribution in [2.75, 3.05) is 25.6 Å². The van der Waals surface area contributed by atoms with Crippen molar-refractivity contribution in [1.29, 1.82) is 0 Å². The first-order chi connectivity index (χ1) is 13.4. The van der Waals surface area contributed by atoms with Gasteiger partial charge in [0.2, 0.25) is 5.91 Å². The Morgan fingerprint density at radius 1 is 1.18 bits per heavy atom. The van der Waals surface area contributed by atoms with Crippen LogP contribution in [0.3, 0.4) is 0 Å². The molecule has 6 heteroatoms. The van der Waals surface area contributed by atoms with Gasteiger partial charge in [0.15, 0.2) is 0 Å². The fourth-order valence-electron chi connectivity index (χ4n) is 3.38. The van der Waals surface area contributed by atoms with Gasteiger partial charge in [0.05, 0.1) is 18.1 Å². The maximum absolute atomic E-state index is 13.0. The van der Waals surface area contributed by atoms with E-state index < -0.39 is 24.0 Å². The molecule has 0 spiro atoms. The van der Waals surface area contributed by atoms with Gasteiger partial charge in [-0.2, -0.15) is 0 Å². The maximum Gasteiger partial charge on any atom is 0.416 e. The van der Waals surface area contributed by atoms with Gasteiger partial charge in [0.25, 0.3) is 0 Å². The van der Waals surface area contributed by atoms with Crippen LogP contribution in [-0.4, -0.2) is 48.8 Å². The van der Waals surface area contributed by atoms with Crippen molar-refractivity contribution in [3.8, 4) is 0 Å². The summed E-state index contributed by atoms with van der Waals surface area (Å²) in [7, 11) is 3.87. The Morgan fingerprint density at radius 2 is 1.82 bits per heavy atom. The van der Waals surface area contributed by atoms with Crippen LogP contribution in [0.5, 0.6) is 0 Å². The Kier molecular flexibility index (Phi) is 5.99. The highest BCUT2D eigenvalue weighted by molar-refractivity contribution is 5.95. The molecule has 6 nitrogen and oxygen atoms in total. The van der Waals surface area contributed by atoms with Gasteiger partial charge in [-0.25, -0.2) is 9.69 Å². The lowest BCUT2D eigenvalue weighted by Gasteiger charge is -2.26. The SMILES string of the molecule is CC(C(=O)N1C(=O)OC[C@@H]1Cc1ccccc1)C(O)c1ccc(N(C)C)cc1. The number of hydrogen-bond donors (Lipinski definition) is 1. The molecule has 148 valence electrons. The summed E-state index contributed by atoms with van der Waals surface area (Å²) in [5.74, 6) is -1.19. The van der Waals surface area contributed by atoms with Crippen molar-refractivity contribution >= 4 is 17.7 Å². The Hall–Kier alpha value is -2.86. The van der Waals surface area contributed by atoms with Crippen molar-refractivity contribution in [1.82, 2.24) is 4.90 Å². The summed E-state index contributed by atoms with van der Waals surface area (Å²) in [5.41, 5.74) is 2.66. The summed E-state index contributed by atoms with van der Waals surface area (Å²) in [5, 5.41) is 10.7. The van der Waals surface area contributed by atoms with Crippen molar-refractivity contribution in [3.05, 3.63) is 65.7 Å². The van der Waals surface area contributed by atoms with Crippen LogP contribution in [0.25, 0.3) is 0 Å². The van der Waals surface area contributed by atoms with E-state index in [4.69, 9.17) is 4.74 Å². The van der Waals surface area contributed by atoms with Gasteiger partial charge in [0.1, 0.15) is 6.61 Å². The second kappa shape index (κ2) is 8.44. The van der Waals surface area contributed by atoms with Gasteiger partial charge < -0.3 is 14.7 Å². The Morgan fingerprint density at radius 3 is 2.43 bits per heavy atom. The molecule has 2 aromatic rings. The molecule has 0 radical (unpaired) electrons. The summed E-state index contributed by atoms with van der Waals surface area (Å²) >= 11 is 0. The van der Waals surface area contributed by atoms with E-state index in [9.17, 15) is 14.7 Å². The number of nitrogens with zero attached hydrogens (tertiary/aromatic N) is 2. The van der Waals surface area contributed by atoms with E-state index in [2.05, 4.69) is 0 Å². The first-order valence-electron chi connectivity index (χ1n) is 9.37. The fourth-order valence-corrected chi connectivity index (χ4v) is 3.38. The minimum atomic E-state index is -1.01. The molecule has 1 saturated heterocycles. The molecule has 3 rings (SSSR count). The minimum Gasteiger partial charge on any atom is -0.447 e. The fraction of sp³-hybridized carbons (Fsp3) is 0.364. The van der Waals surface area contributed by atoms with Gasteiger partial charge in [0, 0.05) is 19.8 Å². The lowest BCUT2D eigenvalue weighted by molar-refractivity contribution is -0.136. The number of imide groups is 1. The molecular weight excluding hydrogens is 356 g/mol. The molecule has 1 N–H and O–H groups in total. The lowest BCUT2D eigenvalue weighted by atomic mass is 9.95. The highest BCUT2D eigenvalue weighted by Gasteiger charge is 2.41. The van der Waals surface area contributed by atoms with E-state index in [0.717, 1.165) is 16.2 Å². The van der Waals surface area contributed by atoms with E-state index in [1.807, 2.05) is 61.5 Å². The second-order valence-electron chi connectivity index (χ2n) is 7.35. The quantitative estimate of drug-likeness (QED) is 0.832. The van der Waals surface area contributed by atoms with E-state index in [0.29, 0.717) is 12.0 Å². The molecule has 1 fully saturated rings. The molecule has 28 heavy (non-hydrogen) atoms. The molecule has 2 aromatic carbocycles. The van der Waals surface area contributed by atoms with Crippen LogP contribution in [0.1, 0.15) is 24.2 Å². The van der Waals surface area contributed by atoms with Crippen molar-refractivity contribution < 1.29 is 19.4 Å². The molecule has 1 aliphatic rings. The summed E-state index contributed by atoms with van der Waals surface area (Å²) in [6.07, 6.45) is -1.12. The van der Waals surface area contributed by atoms with Gasteiger partial charge in [-0.05, 0) is 29.7 Å².